The lowest BCUT2D eigenvalue weighted by Crippen LogP contribution is -2.24. The minimum absolute atomic E-state index is 0.137. The van der Waals surface area contributed by atoms with Gasteiger partial charge in [-0.1, -0.05) is 30.3 Å². The van der Waals surface area contributed by atoms with E-state index in [0.29, 0.717) is 11.4 Å². The number of aromatic nitrogens is 3. The number of benzene rings is 1. The number of aromatic amines is 1. The Morgan fingerprint density at radius 1 is 1.19 bits per heavy atom. The molecule has 0 saturated heterocycles. The fourth-order valence-electron chi connectivity index (χ4n) is 3.24. The van der Waals surface area contributed by atoms with E-state index in [4.69, 9.17) is 4.74 Å². The number of anilines is 1. The van der Waals surface area contributed by atoms with Crippen LogP contribution in [0.2, 0.25) is 0 Å². The first-order valence-corrected chi connectivity index (χ1v) is 8.14. The third-order valence-electron chi connectivity index (χ3n) is 4.50. The number of carbonyl (C=O) groups is 2. The Morgan fingerprint density at radius 2 is 2.00 bits per heavy atom. The number of esters is 1. The second kappa shape index (κ2) is 6.44. The smallest absolute Gasteiger partial charge is 0.356 e. The summed E-state index contributed by atoms with van der Waals surface area (Å²) >= 11 is 0. The van der Waals surface area contributed by atoms with E-state index < -0.39 is 5.97 Å². The quantitative estimate of drug-likeness (QED) is 0.709. The lowest BCUT2D eigenvalue weighted by molar-refractivity contribution is -0.116. The largest absolute Gasteiger partial charge is 0.464 e. The van der Waals surface area contributed by atoms with E-state index in [-0.39, 0.29) is 23.9 Å². The van der Waals surface area contributed by atoms with Gasteiger partial charge in [0, 0.05) is 30.3 Å². The standard InChI is InChI=1S/C19H16N4O3/c1-26-19(25)17-16-14(9-15(24)21-18(16)23-22-17)12-6-4-11(5-7-12)13-3-2-8-20-10-13/h2-8,10,14H,9H2,1H3,(H2,21,22,23,24). The number of hydrogen-bond acceptors (Lipinski definition) is 5. The van der Waals surface area contributed by atoms with Crippen LogP contribution in [0.5, 0.6) is 0 Å². The Morgan fingerprint density at radius 3 is 2.69 bits per heavy atom. The van der Waals surface area contributed by atoms with E-state index in [1.807, 2.05) is 36.4 Å². The summed E-state index contributed by atoms with van der Waals surface area (Å²) in [5.41, 5.74) is 3.90. The third kappa shape index (κ3) is 2.73. The van der Waals surface area contributed by atoms with Crippen molar-refractivity contribution in [2.24, 2.45) is 0 Å². The van der Waals surface area contributed by atoms with Crippen LogP contribution in [0.1, 0.15) is 34.0 Å². The molecule has 2 aromatic heterocycles. The molecule has 0 aliphatic carbocycles. The molecule has 26 heavy (non-hydrogen) atoms. The molecule has 3 heterocycles. The molecule has 7 nitrogen and oxygen atoms in total. The van der Waals surface area contributed by atoms with Crippen molar-refractivity contribution in [3.05, 3.63) is 65.6 Å². The van der Waals surface area contributed by atoms with Crippen LogP contribution < -0.4 is 5.32 Å². The summed E-state index contributed by atoms with van der Waals surface area (Å²) in [4.78, 5) is 28.2. The van der Waals surface area contributed by atoms with Gasteiger partial charge < -0.3 is 10.1 Å². The molecule has 1 aliphatic heterocycles. The second-order valence-corrected chi connectivity index (χ2v) is 6.02. The maximum Gasteiger partial charge on any atom is 0.356 e. The summed E-state index contributed by atoms with van der Waals surface area (Å²) in [7, 11) is 1.31. The van der Waals surface area contributed by atoms with Crippen molar-refractivity contribution in [2.45, 2.75) is 12.3 Å². The SMILES string of the molecule is COC(=O)c1[nH]nc2c1C(c1ccc(-c3cccnc3)cc1)CC(=O)N2. The van der Waals surface area contributed by atoms with Crippen molar-refractivity contribution in [3.63, 3.8) is 0 Å². The maximum atomic E-state index is 12.1. The number of hydrogen-bond donors (Lipinski definition) is 2. The molecular weight excluding hydrogens is 332 g/mol. The Labute approximate surface area is 149 Å². The molecule has 1 atom stereocenters. The van der Waals surface area contributed by atoms with Gasteiger partial charge in [-0.3, -0.25) is 14.9 Å². The van der Waals surface area contributed by atoms with E-state index in [9.17, 15) is 9.59 Å². The van der Waals surface area contributed by atoms with Gasteiger partial charge in [-0.15, -0.1) is 0 Å². The molecule has 130 valence electrons. The van der Waals surface area contributed by atoms with Gasteiger partial charge in [0.25, 0.3) is 0 Å². The molecule has 0 bridgehead atoms. The van der Waals surface area contributed by atoms with Gasteiger partial charge in [0.15, 0.2) is 5.82 Å². The van der Waals surface area contributed by atoms with E-state index in [1.54, 1.807) is 12.4 Å². The van der Waals surface area contributed by atoms with Gasteiger partial charge in [0.2, 0.25) is 5.91 Å². The summed E-state index contributed by atoms with van der Waals surface area (Å²) < 4.78 is 4.82. The number of nitrogens with zero attached hydrogens (tertiary/aromatic N) is 2. The van der Waals surface area contributed by atoms with Crippen LogP contribution >= 0.6 is 0 Å². The van der Waals surface area contributed by atoms with Crippen molar-refractivity contribution in [1.29, 1.82) is 0 Å². The predicted octanol–water partition coefficient (Wildman–Crippen LogP) is 2.73. The highest BCUT2D eigenvalue weighted by Gasteiger charge is 2.34. The van der Waals surface area contributed by atoms with Crippen molar-refractivity contribution in [3.8, 4) is 11.1 Å². The summed E-state index contributed by atoms with van der Waals surface area (Å²) in [5.74, 6) is -0.536. The second-order valence-electron chi connectivity index (χ2n) is 6.02. The minimum Gasteiger partial charge on any atom is -0.464 e. The number of H-pyrrole nitrogens is 1. The highest BCUT2D eigenvalue weighted by Crippen LogP contribution is 2.38. The molecule has 0 spiro atoms. The number of rotatable bonds is 3. The molecule has 7 heteroatoms. The van der Waals surface area contributed by atoms with E-state index >= 15 is 0 Å². The van der Waals surface area contributed by atoms with Gasteiger partial charge >= 0.3 is 5.97 Å². The molecule has 1 amide bonds. The summed E-state index contributed by atoms with van der Waals surface area (Å²) in [6.45, 7) is 0. The number of pyridine rings is 1. The Hall–Kier alpha value is -3.48. The van der Waals surface area contributed by atoms with Gasteiger partial charge in [-0.05, 0) is 22.8 Å². The van der Waals surface area contributed by atoms with Crippen molar-refractivity contribution in [2.75, 3.05) is 12.4 Å². The third-order valence-corrected chi connectivity index (χ3v) is 4.50. The average Bonchev–Trinajstić information content (AvgIpc) is 3.11. The monoisotopic (exact) mass is 348 g/mol. The Kier molecular flexibility index (Phi) is 3.96. The fraction of sp³-hybridized carbons (Fsp3) is 0.158. The van der Waals surface area contributed by atoms with Gasteiger partial charge in [0.1, 0.15) is 5.69 Å². The van der Waals surface area contributed by atoms with Crippen LogP contribution in [0.15, 0.2) is 48.8 Å². The number of fused-ring (bicyclic) bond motifs is 1. The first-order valence-electron chi connectivity index (χ1n) is 8.14. The number of amides is 1. The van der Waals surface area contributed by atoms with Crippen LogP contribution in [-0.4, -0.2) is 34.2 Å². The first-order chi connectivity index (χ1) is 12.7. The summed E-state index contributed by atoms with van der Waals surface area (Å²) in [6.07, 6.45) is 3.77. The van der Waals surface area contributed by atoms with Gasteiger partial charge in [-0.2, -0.15) is 5.10 Å². The highest BCUT2D eigenvalue weighted by molar-refractivity contribution is 5.98. The molecule has 4 rings (SSSR count). The van der Waals surface area contributed by atoms with Crippen LogP contribution in [0.4, 0.5) is 5.82 Å². The van der Waals surface area contributed by atoms with Crippen molar-refractivity contribution >= 4 is 17.7 Å². The van der Waals surface area contributed by atoms with Crippen LogP contribution in [0, 0.1) is 0 Å². The summed E-state index contributed by atoms with van der Waals surface area (Å²) in [6, 6.07) is 11.8. The van der Waals surface area contributed by atoms with Gasteiger partial charge in [0.05, 0.1) is 7.11 Å². The Balaban J connectivity index is 1.73. The fourth-order valence-corrected chi connectivity index (χ4v) is 3.24. The van der Waals surface area contributed by atoms with Crippen LogP contribution in [0.3, 0.4) is 0 Å². The number of ether oxygens (including phenoxy) is 1. The van der Waals surface area contributed by atoms with Crippen LogP contribution in [0.25, 0.3) is 11.1 Å². The molecule has 2 N–H and O–H groups in total. The average molecular weight is 348 g/mol. The molecule has 3 aromatic rings. The Bertz CT molecular complexity index is 964. The van der Waals surface area contributed by atoms with Crippen molar-refractivity contribution in [1.82, 2.24) is 15.2 Å². The maximum absolute atomic E-state index is 12.1. The zero-order valence-electron chi connectivity index (χ0n) is 14.0. The van der Waals surface area contributed by atoms with Gasteiger partial charge in [-0.25, -0.2) is 4.79 Å². The van der Waals surface area contributed by atoms with E-state index in [1.165, 1.54) is 7.11 Å². The minimum atomic E-state index is -0.508. The predicted molar refractivity (Wildman–Crippen MR) is 94.7 cm³/mol. The number of methoxy groups -OCH3 is 1. The number of nitrogens with one attached hydrogen (secondary N) is 2. The normalized spacial score (nSPS) is 15.9. The lowest BCUT2D eigenvalue weighted by Gasteiger charge is -2.23. The molecule has 0 fully saturated rings. The zero-order chi connectivity index (χ0) is 18.1. The molecule has 1 unspecified atom stereocenters. The lowest BCUT2D eigenvalue weighted by atomic mass is 9.85. The molecular formula is C19H16N4O3. The molecule has 0 radical (unpaired) electrons. The first kappa shape index (κ1) is 16.0. The van der Waals surface area contributed by atoms with Crippen molar-refractivity contribution < 1.29 is 14.3 Å². The summed E-state index contributed by atoms with van der Waals surface area (Å²) in [5, 5.41) is 9.43. The number of carbonyl (C=O) groups excluding carboxylic acids is 2. The highest BCUT2D eigenvalue weighted by atomic mass is 16.5. The molecule has 0 saturated carbocycles. The topological polar surface area (TPSA) is 97.0 Å². The van der Waals surface area contributed by atoms with E-state index in [0.717, 1.165) is 16.7 Å². The van der Waals surface area contributed by atoms with E-state index in [2.05, 4.69) is 20.5 Å². The van der Waals surface area contributed by atoms with Crippen LogP contribution in [-0.2, 0) is 9.53 Å². The zero-order valence-corrected chi connectivity index (χ0v) is 14.0. The molecule has 1 aliphatic rings. The molecule has 1 aromatic carbocycles.